The zero-order valence-electron chi connectivity index (χ0n) is 13.9. The van der Waals surface area contributed by atoms with Crippen LogP contribution in [0.1, 0.15) is 54.3 Å². The monoisotopic (exact) mass is 306 g/mol. The molecule has 2 rings (SSSR count). The minimum atomic E-state index is -0.116. The van der Waals surface area contributed by atoms with Gasteiger partial charge in [-0.1, -0.05) is 12.8 Å². The first-order valence-electron chi connectivity index (χ1n) is 8.16. The Labute approximate surface area is 132 Å². The van der Waals surface area contributed by atoms with Crippen LogP contribution in [0, 0.1) is 13.8 Å². The van der Waals surface area contributed by atoms with Gasteiger partial charge in [0.1, 0.15) is 12.3 Å². The number of rotatable bonds is 4. The summed E-state index contributed by atoms with van der Waals surface area (Å²) < 4.78 is 5.31. The smallest absolute Gasteiger partial charge is 0.258 e. The lowest BCUT2D eigenvalue weighted by Gasteiger charge is -2.26. The fraction of sp³-hybridized carbons (Fsp3) is 0.647. The molecule has 5 heteroatoms. The standard InChI is InChI=1S/C17H26N2O3/c1-4-18(17(21)16-13(2)12-22-14(16)3)11-15(20)19-9-7-5-6-8-10-19/h12H,4-11H2,1-3H3. The number of furan rings is 1. The Kier molecular flexibility index (Phi) is 5.63. The van der Waals surface area contributed by atoms with Crippen LogP contribution in [-0.4, -0.2) is 47.8 Å². The molecule has 0 saturated carbocycles. The predicted octanol–water partition coefficient (Wildman–Crippen LogP) is 2.76. The maximum Gasteiger partial charge on any atom is 0.258 e. The second-order valence-electron chi connectivity index (χ2n) is 5.96. The van der Waals surface area contributed by atoms with Gasteiger partial charge in [0.15, 0.2) is 0 Å². The lowest BCUT2D eigenvalue weighted by Crippen LogP contribution is -2.43. The van der Waals surface area contributed by atoms with Crippen LogP contribution in [0.4, 0.5) is 0 Å². The van der Waals surface area contributed by atoms with Crippen molar-refractivity contribution in [3.8, 4) is 0 Å². The highest BCUT2D eigenvalue weighted by Crippen LogP contribution is 2.18. The molecule has 1 fully saturated rings. The van der Waals surface area contributed by atoms with Gasteiger partial charge in [-0.25, -0.2) is 0 Å². The topological polar surface area (TPSA) is 53.8 Å². The fourth-order valence-electron chi connectivity index (χ4n) is 2.96. The van der Waals surface area contributed by atoms with E-state index >= 15 is 0 Å². The Balaban J connectivity index is 2.05. The molecule has 0 atom stereocenters. The zero-order chi connectivity index (χ0) is 16.1. The van der Waals surface area contributed by atoms with Gasteiger partial charge in [-0.2, -0.15) is 0 Å². The van der Waals surface area contributed by atoms with E-state index in [0.717, 1.165) is 31.5 Å². The molecule has 0 unspecified atom stereocenters. The van der Waals surface area contributed by atoms with Crippen molar-refractivity contribution in [1.82, 2.24) is 9.80 Å². The SMILES string of the molecule is CCN(CC(=O)N1CCCCCC1)C(=O)c1c(C)coc1C. The summed E-state index contributed by atoms with van der Waals surface area (Å²) in [4.78, 5) is 28.6. The molecule has 0 aromatic carbocycles. The Bertz CT molecular complexity index is 509. The summed E-state index contributed by atoms with van der Waals surface area (Å²) in [5, 5.41) is 0. The van der Waals surface area contributed by atoms with Crippen molar-refractivity contribution in [2.24, 2.45) is 0 Å². The molecule has 22 heavy (non-hydrogen) atoms. The summed E-state index contributed by atoms with van der Waals surface area (Å²) in [5.74, 6) is 0.550. The second-order valence-corrected chi connectivity index (χ2v) is 5.96. The summed E-state index contributed by atoms with van der Waals surface area (Å²) in [6.45, 7) is 7.84. The van der Waals surface area contributed by atoms with Crippen LogP contribution < -0.4 is 0 Å². The van der Waals surface area contributed by atoms with Crippen LogP contribution in [0.2, 0.25) is 0 Å². The molecule has 1 saturated heterocycles. The lowest BCUT2D eigenvalue weighted by molar-refractivity contribution is -0.131. The van der Waals surface area contributed by atoms with E-state index in [0.29, 0.717) is 17.9 Å². The van der Waals surface area contributed by atoms with E-state index < -0.39 is 0 Å². The first-order valence-corrected chi connectivity index (χ1v) is 8.16. The van der Waals surface area contributed by atoms with E-state index in [9.17, 15) is 9.59 Å². The third kappa shape index (κ3) is 3.70. The van der Waals surface area contributed by atoms with E-state index in [1.165, 1.54) is 12.8 Å². The van der Waals surface area contributed by atoms with Crippen molar-refractivity contribution < 1.29 is 14.0 Å². The molecule has 2 amide bonds. The molecular formula is C17H26N2O3. The molecule has 2 heterocycles. The molecule has 1 aliphatic heterocycles. The maximum absolute atomic E-state index is 12.7. The quantitative estimate of drug-likeness (QED) is 0.859. The number of carbonyl (C=O) groups excluding carboxylic acids is 2. The van der Waals surface area contributed by atoms with E-state index in [1.807, 2.05) is 18.7 Å². The van der Waals surface area contributed by atoms with Crippen molar-refractivity contribution >= 4 is 11.8 Å². The molecule has 5 nitrogen and oxygen atoms in total. The Morgan fingerprint density at radius 1 is 1.18 bits per heavy atom. The van der Waals surface area contributed by atoms with Gasteiger partial charge < -0.3 is 14.2 Å². The number of aryl methyl sites for hydroxylation is 2. The second kappa shape index (κ2) is 7.47. The van der Waals surface area contributed by atoms with E-state index in [4.69, 9.17) is 4.42 Å². The molecule has 0 radical (unpaired) electrons. The highest BCUT2D eigenvalue weighted by Gasteiger charge is 2.25. The summed E-state index contributed by atoms with van der Waals surface area (Å²) in [6, 6.07) is 0. The number of hydrogen-bond acceptors (Lipinski definition) is 3. The highest BCUT2D eigenvalue weighted by molar-refractivity contribution is 5.98. The van der Waals surface area contributed by atoms with Crippen LogP contribution in [0.3, 0.4) is 0 Å². The lowest BCUT2D eigenvalue weighted by atomic mass is 10.1. The molecule has 1 aromatic heterocycles. The number of hydrogen-bond donors (Lipinski definition) is 0. The van der Waals surface area contributed by atoms with E-state index in [1.54, 1.807) is 18.1 Å². The van der Waals surface area contributed by atoms with Gasteiger partial charge in [-0.3, -0.25) is 9.59 Å². The van der Waals surface area contributed by atoms with Crippen molar-refractivity contribution in [2.75, 3.05) is 26.2 Å². The summed E-state index contributed by atoms with van der Waals surface area (Å²) >= 11 is 0. The number of likely N-dealkylation sites (N-methyl/N-ethyl adjacent to an activating group) is 1. The first-order chi connectivity index (χ1) is 10.5. The Morgan fingerprint density at radius 2 is 1.82 bits per heavy atom. The normalized spacial score (nSPS) is 15.5. The predicted molar refractivity (Wildman–Crippen MR) is 84.8 cm³/mol. The first kappa shape index (κ1) is 16.6. The van der Waals surface area contributed by atoms with Crippen LogP contribution in [0.15, 0.2) is 10.7 Å². The van der Waals surface area contributed by atoms with Gasteiger partial charge in [0.25, 0.3) is 5.91 Å². The van der Waals surface area contributed by atoms with E-state index in [2.05, 4.69) is 0 Å². The van der Waals surface area contributed by atoms with Gasteiger partial charge >= 0.3 is 0 Å². The number of amides is 2. The zero-order valence-corrected chi connectivity index (χ0v) is 13.9. The summed E-state index contributed by atoms with van der Waals surface area (Å²) in [5.41, 5.74) is 1.41. The van der Waals surface area contributed by atoms with Gasteiger partial charge in [-0.15, -0.1) is 0 Å². The van der Waals surface area contributed by atoms with E-state index in [-0.39, 0.29) is 18.4 Å². The van der Waals surface area contributed by atoms with Crippen molar-refractivity contribution in [1.29, 1.82) is 0 Å². The van der Waals surface area contributed by atoms with Crippen LogP contribution in [0.25, 0.3) is 0 Å². The van der Waals surface area contributed by atoms with Crippen LogP contribution in [-0.2, 0) is 4.79 Å². The van der Waals surface area contributed by atoms with Gasteiger partial charge in [0, 0.05) is 25.2 Å². The average molecular weight is 306 g/mol. The molecular weight excluding hydrogens is 280 g/mol. The van der Waals surface area contributed by atoms with Gasteiger partial charge in [-0.05, 0) is 33.6 Å². The molecule has 1 aliphatic rings. The molecule has 1 aromatic rings. The maximum atomic E-state index is 12.7. The largest absolute Gasteiger partial charge is 0.469 e. The average Bonchev–Trinajstić information content (AvgIpc) is 2.73. The molecule has 0 aliphatic carbocycles. The molecule has 0 bridgehead atoms. The van der Waals surface area contributed by atoms with Gasteiger partial charge in [0.2, 0.25) is 5.91 Å². The minimum Gasteiger partial charge on any atom is -0.469 e. The highest BCUT2D eigenvalue weighted by atomic mass is 16.3. The molecule has 0 spiro atoms. The fourth-order valence-corrected chi connectivity index (χ4v) is 2.96. The Hall–Kier alpha value is -1.78. The van der Waals surface area contributed by atoms with Crippen molar-refractivity contribution in [2.45, 2.75) is 46.5 Å². The molecule has 122 valence electrons. The third-order valence-electron chi connectivity index (χ3n) is 4.33. The minimum absolute atomic E-state index is 0.0518. The number of nitrogens with zero attached hydrogens (tertiary/aromatic N) is 2. The van der Waals surface area contributed by atoms with Crippen molar-refractivity contribution in [3.05, 3.63) is 23.2 Å². The van der Waals surface area contributed by atoms with Crippen LogP contribution in [0.5, 0.6) is 0 Å². The summed E-state index contributed by atoms with van der Waals surface area (Å²) in [6.07, 6.45) is 6.09. The van der Waals surface area contributed by atoms with Crippen LogP contribution >= 0.6 is 0 Å². The third-order valence-corrected chi connectivity index (χ3v) is 4.33. The number of carbonyl (C=O) groups is 2. The Morgan fingerprint density at radius 3 is 2.32 bits per heavy atom. The number of likely N-dealkylation sites (tertiary alicyclic amines) is 1. The molecule has 0 N–H and O–H groups in total. The van der Waals surface area contributed by atoms with Crippen molar-refractivity contribution in [3.63, 3.8) is 0 Å². The summed E-state index contributed by atoms with van der Waals surface area (Å²) in [7, 11) is 0. The van der Waals surface area contributed by atoms with Gasteiger partial charge in [0.05, 0.1) is 11.8 Å².